The lowest BCUT2D eigenvalue weighted by molar-refractivity contribution is -0.119. The van der Waals surface area contributed by atoms with Gasteiger partial charge >= 0.3 is 0 Å². The molecule has 3 aromatic rings. The number of amides is 3. The van der Waals surface area contributed by atoms with Crippen molar-refractivity contribution in [1.29, 1.82) is 0 Å². The fraction of sp³-hybridized carbons (Fsp3) is 0.296. The minimum atomic E-state index is -0.428. The number of rotatable bonds is 4. The van der Waals surface area contributed by atoms with Crippen LogP contribution in [0.15, 0.2) is 53.0 Å². The molecule has 8 heteroatoms. The van der Waals surface area contributed by atoms with E-state index in [0.29, 0.717) is 30.7 Å². The predicted molar refractivity (Wildman–Crippen MR) is 131 cm³/mol. The maximum atomic E-state index is 14.8. The molecule has 0 aliphatic carbocycles. The highest BCUT2D eigenvalue weighted by atomic mass is 19.1. The van der Waals surface area contributed by atoms with Crippen molar-refractivity contribution in [2.75, 3.05) is 33.7 Å². The molecule has 0 radical (unpaired) electrons. The lowest BCUT2D eigenvalue weighted by Gasteiger charge is -2.24. The Bertz CT molecular complexity index is 1280. The summed E-state index contributed by atoms with van der Waals surface area (Å²) >= 11 is 0. The van der Waals surface area contributed by atoms with Crippen molar-refractivity contribution in [3.05, 3.63) is 76.8 Å². The highest BCUT2D eigenvalue weighted by Gasteiger charge is 2.21. The minimum Gasteiger partial charge on any atom is -0.451 e. The van der Waals surface area contributed by atoms with Gasteiger partial charge in [-0.25, -0.2) is 4.39 Å². The molecule has 0 unspecified atom stereocenters. The summed E-state index contributed by atoms with van der Waals surface area (Å²) in [6.07, 6.45) is 5.33. The van der Waals surface area contributed by atoms with E-state index in [1.54, 1.807) is 31.1 Å². The van der Waals surface area contributed by atoms with Crippen LogP contribution in [0.4, 0.5) is 4.39 Å². The van der Waals surface area contributed by atoms with Gasteiger partial charge in [0.25, 0.3) is 5.91 Å². The average molecular weight is 478 g/mol. The van der Waals surface area contributed by atoms with Gasteiger partial charge in [0.05, 0.1) is 5.39 Å². The summed E-state index contributed by atoms with van der Waals surface area (Å²) in [5.74, 6) is -0.637. The minimum absolute atomic E-state index is 0.105. The molecular weight excluding hydrogens is 449 g/mol. The number of hydrogen-bond donors (Lipinski definition) is 0. The van der Waals surface area contributed by atoms with E-state index in [-0.39, 0.29) is 17.1 Å². The van der Waals surface area contributed by atoms with Gasteiger partial charge < -0.3 is 19.1 Å². The number of carbonyl (C=O) groups excluding carboxylic acids is 3. The van der Waals surface area contributed by atoms with Gasteiger partial charge in [0.1, 0.15) is 11.4 Å². The molecule has 182 valence electrons. The third kappa shape index (κ3) is 5.26. The Morgan fingerprint density at radius 3 is 2.43 bits per heavy atom. The lowest BCUT2D eigenvalue weighted by atomic mass is 9.99. The Morgan fingerprint density at radius 1 is 1.00 bits per heavy atom. The van der Waals surface area contributed by atoms with Crippen LogP contribution in [0.3, 0.4) is 0 Å². The molecule has 0 bridgehead atoms. The monoisotopic (exact) mass is 477 g/mol. The normalized spacial score (nSPS) is 15.0. The molecule has 7 nitrogen and oxygen atoms in total. The van der Waals surface area contributed by atoms with Gasteiger partial charge in [-0.3, -0.25) is 14.4 Å². The molecule has 35 heavy (non-hydrogen) atoms. The number of benzene rings is 2. The van der Waals surface area contributed by atoms with Crippen LogP contribution < -0.4 is 0 Å². The van der Waals surface area contributed by atoms with Crippen LogP contribution in [0.1, 0.15) is 33.7 Å². The maximum Gasteiger partial charge on any atom is 0.289 e. The Kier molecular flexibility index (Phi) is 7.29. The third-order valence-corrected chi connectivity index (χ3v) is 6.24. The second kappa shape index (κ2) is 10.5. The molecule has 2 aliphatic heterocycles. The Balaban J connectivity index is 0.000000201. The van der Waals surface area contributed by atoms with E-state index in [1.807, 2.05) is 17.0 Å². The second-order valence-electron chi connectivity index (χ2n) is 8.84. The first-order valence-electron chi connectivity index (χ1n) is 11.5. The van der Waals surface area contributed by atoms with Gasteiger partial charge in [-0.1, -0.05) is 30.3 Å². The van der Waals surface area contributed by atoms with Gasteiger partial charge in [0.2, 0.25) is 12.8 Å². The van der Waals surface area contributed by atoms with E-state index in [4.69, 9.17) is 4.42 Å². The smallest absolute Gasteiger partial charge is 0.289 e. The molecule has 2 aliphatic rings. The lowest BCUT2D eigenvalue weighted by Crippen LogP contribution is -2.28. The zero-order valence-electron chi connectivity index (χ0n) is 19.9. The molecule has 0 fully saturated rings. The molecule has 2 aromatic carbocycles. The summed E-state index contributed by atoms with van der Waals surface area (Å²) in [6, 6.07) is 13.0. The van der Waals surface area contributed by atoms with Crippen molar-refractivity contribution in [1.82, 2.24) is 14.7 Å². The van der Waals surface area contributed by atoms with Gasteiger partial charge in [0.15, 0.2) is 5.76 Å². The molecule has 0 atom stereocenters. The Morgan fingerprint density at radius 2 is 1.71 bits per heavy atom. The average Bonchev–Trinajstić information content (AvgIpc) is 3.34. The fourth-order valence-corrected chi connectivity index (χ4v) is 4.31. The van der Waals surface area contributed by atoms with E-state index < -0.39 is 5.82 Å². The number of carbonyl (C=O) groups is 3. The zero-order chi connectivity index (χ0) is 24.9. The second-order valence-corrected chi connectivity index (χ2v) is 8.84. The van der Waals surface area contributed by atoms with Crippen LogP contribution in [0, 0.1) is 5.82 Å². The molecule has 0 saturated heterocycles. The highest BCUT2D eigenvalue weighted by molar-refractivity contribution is 5.96. The van der Waals surface area contributed by atoms with Gasteiger partial charge in [0, 0.05) is 51.9 Å². The van der Waals surface area contributed by atoms with E-state index in [9.17, 15) is 18.8 Å². The van der Waals surface area contributed by atoms with Crippen molar-refractivity contribution < 1.29 is 23.2 Å². The fourth-order valence-electron chi connectivity index (χ4n) is 4.31. The van der Waals surface area contributed by atoms with Crippen molar-refractivity contribution in [3.63, 3.8) is 0 Å². The maximum absolute atomic E-state index is 14.8. The number of halogens is 1. The van der Waals surface area contributed by atoms with Crippen LogP contribution in [0.5, 0.6) is 0 Å². The Labute approximate surface area is 203 Å². The van der Waals surface area contributed by atoms with Crippen LogP contribution in [0.25, 0.3) is 16.5 Å². The highest BCUT2D eigenvalue weighted by Crippen LogP contribution is 2.30. The summed E-state index contributed by atoms with van der Waals surface area (Å²) < 4.78 is 20.3. The topological polar surface area (TPSA) is 74.1 Å². The van der Waals surface area contributed by atoms with Gasteiger partial charge in [-0.15, -0.1) is 0 Å². The van der Waals surface area contributed by atoms with Crippen LogP contribution in [-0.2, 0) is 22.6 Å². The zero-order valence-corrected chi connectivity index (χ0v) is 19.9. The first kappa shape index (κ1) is 24.2. The summed E-state index contributed by atoms with van der Waals surface area (Å²) in [5.41, 5.74) is 4.21. The first-order valence-corrected chi connectivity index (χ1v) is 11.5. The SMILES string of the molecule is CN(C)C(=O)c1cc2c(F)c(C3=CCCN(C=O)C3)ccc2o1.O=CN1CCc2ccccc2C1. The van der Waals surface area contributed by atoms with E-state index >= 15 is 0 Å². The van der Waals surface area contributed by atoms with Crippen LogP contribution in [0.2, 0.25) is 0 Å². The number of fused-ring (bicyclic) bond motifs is 2. The summed E-state index contributed by atoms with van der Waals surface area (Å²) in [4.78, 5) is 38.2. The summed E-state index contributed by atoms with van der Waals surface area (Å²) in [6.45, 7) is 2.66. The predicted octanol–water partition coefficient (Wildman–Crippen LogP) is 3.72. The van der Waals surface area contributed by atoms with Crippen LogP contribution in [-0.4, -0.2) is 67.2 Å². The van der Waals surface area contributed by atoms with Crippen molar-refractivity contribution in [2.24, 2.45) is 0 Å². The standard InChI is InChI=1S/C17H17FN2O3.C10H11NO/c1-19(2)17(22)15-8-13-14(23-15)6-5-12(16(13)18)11-4-3-7-20(9-11)10-21;12-8-11-6-5-9-3-1-2-4-10(9)7-11/h4-6,8,10H,3,7,9H2,1-2H3;1-4,8H,5-7H2. The van der Waals surface area contributed by atoms with Gasteiger partial charge in [-0.2, -0.15) is 0 Å². The molecule has 3 amide bonds. The van der Waals surface area contributed by atoms with E-state index in [2.05, 4.69) is 18.2 Å². The van der Waals surface area contributed by atoms with Crippen LogP contribution >= 0.6 is 0 Å². The van der Waals surface area contributed by atoms with E-state index in [1.165, 1.54) is 22.1 Å². The Hall–Kier alpha value is -3.94. The number of nitrogens with zero attached hydrogens (tertiary/aromatic N) is 3. The number of hydrogen-bond acceptors (Lipinski definition) is 4. The molecular formula is C27H28FN3O4. The number of furan rings is 1. The van der Waals surface area contributed by atoms with Gasteiger partial charge in [-0.05, 0) is 41.7 Å². The van der Waals surface area contributed by atoms with Crippen molar-refractivity contribution in [2.45, 2.75) is 19.4 Å². The first-order chi connectivity index (χ1) is 16.9. The molecule has 3 heterocycles. The molecule has 0 saturated carbocycles. The molecule has 1 aromatic heterocycles. The van der Waals surface area contributed by atoms with Crippen molar-refractivity contribution in [3.8, 4) is 0 Å². The molecule has 5 rings (SSSR count). The third-order valence-electron chi connectivity index (χ3n) is 6.24. The van der Waals surface area contributed by atoms with E-state index in [0.717, 1.165) is 37.9 Å². The largest absolute Gasteiger partial charge is 0.451 e. The molecule has 0 N–H and O–H groups in total. The van der Waals surface area contributed by atoms with Crippen molar-refractivity contribution >= 4 is 35.3 Å². The molecule has 0 spiro atoms. The quantitative estimate of drug-likeness (QED) is 0.537. The summed E-state index contributed by atoms with van der Waals surface area (Å²) in [7, 11) is 3.22. The summed E-state index contributed by atoms with van der Waals surface area (Å²) in [5, 5.41) is 0.275.